The molecule has 9 heteroatoms. The molecule has 0 saturated heterocycles. The van der Waals surface area contributed by atoms with Gasteiger partial charge in [0.1, 0.15) is 16.2 Å². The molecule has 150 valence electrons. The molecule has 2 heterocycles. The number of nitrogens with zero attached hydrogens (tertiary/aromatic N) is 2. The molecule has 0 radical (unpaired) electrons. The van der Waals surface area contributed by atoms with Crippen molar-refractivity contribution in [3.63, 3.8) is 0 Å². The van der Waals surface area contributed by atoms with E-state index in [1.807, 2.05) is 37.2 Å². The summed E-state index contributed by atoms with van der Waals surface area (Å²) in [5.41, 5.74) is 1.72. The number of aromatic nitrogens is 1. The molecule has 4 rings (SSSR count). The van der Waals surface area contributed by atoms with Crippen LogP contribution in [-0.4, -0.2) is 32.6 Å². The number of nitrogens with one attached hydrogen (secondary N) is 1. The van der Waals surface area contributed by atoms with Gasteiger partial charge < -0.3 is 14.4 Å². The standard InChI is InChI=1S/C20H18ClN3O4S/c1-24(2)15-6-5-12-9-17(28-16(12)11-15)20(25)23-29(26,27)18-10-14(21)8-13-4-3-7-22-19(13)18/h3-11,20,23,25H,1-2H3. The van der Waals surface area contributed by atoms with Crippen molar-refractivity contribution in [1.82, 2.24) is 9.71 Å². The monoisotopic (exact) mass is 431 g/mol. The molecule has 2 aromatic carbocycles. The molecule has 2 N–H and O–H groups in total. The van der Waals surface area contributed by atoms with Gasteiger partial charge in [0.15, 0.2) is 6.23 Å². The van der Waals surface area contributed by atoms with Gasteiger partial charge in [0.2, 0.25) is 10.0 Å². The lowest BCUT2D eigenvalue weighted by Crippen LogP contribution is -2.28. The lowest BCUT2D eigenvalue weighted by atomic mass is 10.2. The highest BCUT2D eigenvalue weighted by Gasteiger charge is 2.25. The third kappa shape index (κ3) is 3.79. The number of hydrogen-bond acceptors (Lipinski definition) is 6. The SMILES string of the molecule is CN(C)c1ccc2cc(C(O)NS(=O)(=O)c3cc(Cl)cc4cccnc34)oc2c1. The van der Waals surface area contributed by atoms with E-state index in [1.165, 1.54) is 12.3 Å². The number of aliphatic hydroxyl groups is 1. The van der Waals surface area contributed by atoms with Gasteiger partial charge in [-0.25, -0.2) is 8.42 Å². The van der Waals surface area contributed by atoms with E-state index in [4.69, 9.17) is 16.0 Å². The smallest absolute Gasteiger partial charge is 0.245 e. The zero-order valence-corrected chi connectivity index (χ0v) is 17.2. The van der Waals surface area contributed by atoms with E-state index in [0.29, 0.717) is 11.0 Å². The topological polar surface area (TPSA) is 95.7 Å². The number of aliphatic hydroxyl groups excluding tert-OH is 1. The second-order valence-electron chi connectivity index (χ2n) is 6.77. The average molecular weight is 432 g/mol. The maximum absolute atomic E-state index is 12.9. The Morgan fingerprint density at radius 1 is 1.14 bits per heavy atom. The minimum atomic E-state index is -4.13. The number of fused-ring (bicyclic) bond motifs is 2. The molecule has 7 nitrogen and oxygen atoms in total. The molecule has 29 heavy (non-hydrogen) atoms. The van der Waals surface area contributed by atoms with Gasteiger partial charge in [-0.1, -0.05) is 17.7 Å². The van der Waals surface area contributed by atoms with Crippen LogP contribution in [0.2, 0.25) is 5.02 Å². The summed E-state index contributed by atoms with van der Waals surface area (Å²) in [5, 5.41) is 12.1. The van der Waals surface area contributed by atoms with Gasteiger partial charge in [0.25, 0.3) is 0 Å². The molecule has 1 atom stereocenters. The van der Waals surface area contributed by atoms with Crippen molar-refractivity contribution >= 4 is 49.2 Å². The Labute approximate surface area is 172 Å². The van der Waals surface area contributed by atoms with Gasteiger partial charge >= 0.3 is 0 Å². The predicted octanol–water partition coefficient (Wildman–Crippen LogP) is 3.67. The first-order valence-corrected chi connectivity index (χ1v) is 10.6. The lowest BCUT2D eigenvalue weighted by molar-refractivity contribution is 0.141. The number of furan rings is 1. The first kappa shape index (κ1) is 19.7. The fraction of sp³-hybridized carbons (Fsp3) is 0.150. The van der Waals surface area contributed by atoms with Crippen LogP contribution in [0.1, 0.15) is 12.0 Å². The van der Waals surface area contributed by atoms with Crippen molar-refractivity contribution < 1.29 is 17.9 Å². The summed E-state index contributed by atoms with van der Waals surface area (Å²) in [7, 11) is -0.331. The van der Waals surface area contributed by atoms with E-state index in [1.54, 1.807) is 24.3 Å². The summed E-state index contributed by atoms with van der Waals surface area (Å²) in [6, 6.07) is 13.5. The van der Waals surface area contributed by atoms with Crippen molar-refractivity contribution in [2.75, 3.05) is 19.0 Å². The molecule has 0 amide bonds. The Kier molecular flexibility index (Phi) is 4.95. The maximum atomic E-state index is 12.9. The Hall–Kier alpha value is -2.65. The van der Waals surface area contributed by atoms with Crippen LogP contribution in [0.15, 0.2) is 64.0 Å². The van der Waals surface area contributed by atoms with Gasteiger partial charge in [0.05, 0.1) is 5.52 Å². The minimum absolute atomic E-state index is 0.0822. The second kappa shape index (κ2) is 7.31. The molecule has 0 fully saturated rings. The zero-order chi connectivity index (χ0) is 20.8. The summed E-state index contributed by atoms with van der Waals surface area (Å²) in [6.07, 6.45) is -0.0826. The molecule has 4 aromatic rings. The molecule has 0 aliphatic heterocycles. The normalized spacial score (nSPS) is 13.1. The Morgan fingerprint density at radius 3 is 2.69 bits per heavy atom. The van der Waals surface area contributed by atoms with E-state index < -0.39 is 16.3 Å². The number of rotatable bonds is 5. The summed E-state index contributed by atoms with van der Waals surface area (Å²) in [6.45, 7) is 0. The Morgan fingerprint density at radius 2 is 1.93 bits per heavy atom. The molecular weight excluding hydrogens is 414 g/mol. The highest BCUT2D eigenvalue weighted by atomic mass is 35.5. The van der Waals surface area contributed by atoms with Crippen LogP contribution >= 0.6 is 11.6 Å². The van der Waals surface area contributed by atoms with Gasteiger partial charge in [0, 0.05) is 47.8 Å². The minimum Gasteiger partial charge on any atom is -0.457 e. The first-order valence-electron chi connectivity index (χ1n) is 8.70. The summed E-state index contributed by atoms with van der Waals surface area (Å²) in [4.78, 5) is 5.94. The fourth-order valence-corrected chi connectivity index (χ4v) is 4.59. The highest BCUT2D eigenvalue weighted by molar-refractivity contribution is 7.89. The number of anilines is 1. The van der Waals surface area contributed by atoms with Crippen LogP contribution in [0.5, 0.6) is 0 Å². The van der Waals surface area contributed by atoms with Crippen molar-refractivity contribution in [1.29, 1.82) is 0 Å². The lowest BCUT2D eigenvalue weighted by Gasteiger charge is -2.13. The first-order chi connectivity index (χ1) is 13.7. The van der Waals surface area contributed by atoms with Gasteiger partial charge in [-0.2, -0.15) is 4.72 Å². The number of benzene rings is 2. The number of sulfonamides is 1. The molecule has 0 aliphatic carbocycles. The largest absolute Gasteiger partial charge is 0.457 e. The van der Waals surface area contributed by atoms with E-state index in [0.717, 1.165) is 11.1 Å². The van der Waals surface area contributed by atoms with Crippen LogP contribution in [0.4, 0.5) is 5.69 Å². The molecule has 0 aliphatic rings. The molecule has 1 unspecified atom stereocenters. The quantitative estimate of drug-likeness (QED) is 0.468. The van der Waals surface area contributed by atoms with Crippen LogP contribution in [-0.2, 0) is 10.0 Å². The fourth-order valence-electron chi connectivity index (χ4n) is 3.05. The summed E-state index contributed by atoms with van der Waals surface area (Å²) in [5.74, 6) is 0.0822. The molecular formula is C20H18ClN3O4S. The molecule has 0 spiro atoms. The van der Waals surface area contributed by atoms with Crippen LogP contribution in [0, 0.1) is 0 Å². The molecule has 0 saturated carbocycles. The van der Waals surface area contributed by atoms with Crippen LogP contribution in [0.25, 0.3) is 21.9 Å². The Balaban J connectivity index is 1.69. The van der Waals surface area contributed by atoms with Crippen molar-refractivity contribution in [2.45, 2.75) is 11.1 Å². The average Bonchev–Trinajstić information content (AvgIpc) is 3.10. The van der Waals surface area contributed by atoms with E-state index in [9.17, 15) is 13.5 Å². The van der Waals surface area contributed by atoms with E-state index >= 15 is 0 Å². The van der Waals surface area contributed by atoms with Crippen LogP contribution in [0.3, 0.4) is 0 Å². The molecule has 0 bridgehead atoms. The zero-order valence-electron chi connectivity index (χ0n) is 15.6. The van der Waals surface area contributed by atoms with Crippen molar-refractivity contribution in [3.05, 3.63) is 65.5 Å². The van der Waals surface area contributed by atoms with Crippen molar-refractivity contribution in [3.8, 4) is 0 Å². The summed E-state index contributed by atoms with van der Waals surface area (Å²) >= 11 is 6.07. The second-order valence-corrected chi connectivity index (χ2v) is 8.89. The van der Waals surface area contributed by atoms with Crippen LogP contribution < -0.4 is 9.62 Å². The third-order valence-corrected chi connectivity index (χ3v) is 6.14. The van der Waals surface area contributed by atoms with Crippen molar-refractivity contribution in [2.24, 2.45) is 0 Å². The predicted molar refractivity (Wildman–Crippen MR) is 113 cm³/mol. The highest BCUT2D eigenvalue weighted by Crippen LogP contribution is 2.29. The van der Waals surface area contributed by atoms with E-state index in [2.05, 4.69) is 9.71 Å². The maximum Gasteiger partial charge on any atom is 0.245 e. The number of pyridine rings is 1. The number of hydrogen-bond donors (Lipinski definition) is 2. The third-order valence-electron chi connectivity index (χ3n) is 4.50. The van der Waals surface area contributed by atoms with Gasteiger partial charge in [-0.05, 0) is 36.4 Å². The molecule has 2 aromatic heterocycles. The van der Waals surface area contributed by atoms with Gasteiger partial charge in [-0.3, -0.25) is 4.98 Å². The van der Waals surface area contributed by atoms with E-state index in [-0.39, 0.29) is 21.2 Å². The van der Waals surface area contributed by atoms with Gasteiger partial charge in [-0.15, -0.1) is 0 Å². The number of halogens is 1. The Bertz CT molecular complexity index is 1320. The summed E-state index contributed by atoms with van der Waals surface area (Å²) < 4.78 is 33.7.